The van der Waals surface area contributed by atoms with E-state index in [1.165, 1.54) is 30.5 Å². The summed E-state index contributed by atoms with van der Waals surface area (Å²) in [5.41, 5.74) is 1.23. The summed E-state index contributed by atoms with van der Waals surface area (Å²) < 4.78 is 13.4. The largest absolute Gasteiger partial charge is 0.504 e. The monoisotopic (exact) mass is 467 g/mol. The molecule has 2 spiro atoms. The molecule has 1 saturated heterocycles. The normalized spacial score (nSPS) is 43.5. The summed E-state index contributed by atoms with van der Waals surface area (Å²) >= 11 is 0. The first-order valence-corrected chi connectivity index (χ1v) is 13.7. The van der Waals surface area contributed by atoms with Gasteiger partial charge in [-0.3, -0.25) is 4.90 Å². The number of ether oxygens (including phenoxy) is 2. The number of rotatable bonds is 6. The third kappa shape index (κ3) is 2.42. The summed E-state index contributed by atoms with van der Waals surface area (Å²) in [7, 11) is 1.84. The second-order valence-corrected chi connectivity index (χ2v) is 13.4. The lowest BCUT2D eigenvalue weighted by molar-refractivity contribution is -0.303. The number of methoxy groups -OCH3 is 1. The van der Waals surface area contributed by atoms with Crippen LogP contribution in [0.3, 0.4) is 0 Å². The highest BCUT2D eigenvalue weighted by Crippen LogP contribution is 2.77. The number of benzene rings is 1. The number of aromatic hydroxyl groups is 1. The fraction of sp³-hybridized carbons (Fsp3) is 0.793. The van der Waals surface area contributed by atoms with Gasteiger partial charge in [-0.15, -0.1) is 0 Å². The lowest BCUT2D eigenvalue weighted by Crippen LogP contribution is -2.82. The maximum atomic E-state index is 12.0. The third-order valence-electron chi connectivity index (χ3n) is 11.2. The lowest BCUT2D eigenvalue weighted by Gasteiger charge is -2.75. The number of piperidine rings is 1. The predicted molar refractivity (Wildman–Crippen MR) is 130 cm³/mol. The second kappa shape index (κ2) is 6.72. The number of hydrogen-bond acceptors (Lipinski definition) is 5. The Bertz CT molecular complexity index is 1030. The molecule has 0 amide bonds. The zero-order chi connectivity index (χ0) is 23.7. The molecular formula is C29H41NO4. The van der Waals surface area contributed by atoms with E-state index in [0.717, 1.165) is 51.0 Å². The molecule has 7 atom stereocenters. The third-order valence-corrected chi connectivity index (χ3v) is 11.2. The van der Waals surface area contributed by atoms with Crippen molar-refractivity contribution in [2.75, 3.05) is 20.2 Å². The van der Waals surface area contributed by atoms with Crippen LogP contribution in [0.5, 0.6) is 11.5 Å². The first-order chi connectivity index (χ1) is 16.2. The summed E-state index contributed by atoms with van der Waals surface area (Å²) in [4.78, 5) is 2.83. The molecule has 2 aliphatic heterocycles. The van der Waals surface area contributed by atoms with E-state index in [2.05, 4.69) is 24.8 Å². The van der Waals surface area contributed by atoms with Crippen LogP contribution >= 0.6 is 0 Å². The Morgan fingerprint density at radius 3 is 2.74 bits per heavy atom. The first-order valence-electron chi connectivity index (χ1n) is 13.7. The summed E-state index contributed by atoms with van der Waals surface area (Å²) in [6.07, 6.45) is 8.49. The van der Waals surface area contributed by atoms with Gasteiger partial charge in [-0.05, 0) is 88.3 Å². The van der Waals surface area contributed by atoms with Crippen molar-refractivity contribution in [1.82, 2.24) is 4.90 Å². The molecule has 0 radical (unpaired) electrons. The highest BCUT2D eigenvalue weighted by Gasteiger charge is 2.81. The molecule has 5 fully saturated rings. The van der Waals surface area contributed by atoms with Gasteiger partial charge in [0.2, 0.25) is 0 Å². The Hall–Kier alpha value is -1.30. The van der Waals surface area contributed by atoms with E-state index in [1.807, 2.05) is 20.1 Å². The van der Waals surface area contributed by atoms with Crippen molar-refractivity contribution in [3.63, 3.8) is 0 Å². The van der Waals surface area contributed by atoms with Crippen LogP contribution < -0.4 is 4.74 Å². The summed E-state index contributed by atoms with van der Waals surface area (Å²) in [6.45, 7) is 8.77. The molecule has 7 aliphatic rings. The minimum absolute atomic E-state index is 0.0145. The van der Waals surface area contributed by atoms with Gasteiger partial charge >= 0.3 is 0 Å². The summed E-state index contributed by atoms with van der Waals surface area (Å²) in [5.74, 6) is 2.27. The lowest BCUT2D eigenvalue weighted by atomic mass is 9.33. The number of phenols is 1. The van der Waals surface area contributed by atoms with Gasteiger partial charge in [-0.2, -0.15) is 0 Å². The molecule has 1 aromatic rings. The van der Waals surface area contributed by atoms with Gasteiger partial charge in [-0.25, -0.2) is 0 Å². The van der Waals surface area contributed by atoms with Crippen LogP contribution in [-0.2, 0) is 16.6 Å². The van der Waals surface area contributed by atoms with Gasteiger partial charge in [0.1, 0.15) is 11.7 Å². The molecule has 2 heterocycles. The highest BCUT2D eigenvalue weighted by atomic mass is 16.6. The van der Waals surface area contributed by atoms with Crippen molar-refractivity contribution in [2.45, 2.75) is 101 Å². The Labute approximate surface area is 203 Å². The van der Waals surface area contributed by atoms with E-state index in [-0.39, 0.29) is 28.6 Å². The Morgan fingerprint density at radius 1 is 1.24 bits per heavy atom. The first kappa shape index (κ1) is 21.9. The van der Waals surface area contributed by atoms with Crippen LogP contribution in [0.1, 0.15) is 76.8 Å². The topological polar surface area (TPSA) is 62.2 Å². The minimum atomic E-state index is -0.824. The maximum Gasteiger partial charge on any atom is 0.165 e. The zero-order valence-electron chi connectivity index (χ0n) is 21.3. The number of hydrogen-bond donors (Lipinski definition) is 2. The van der Waals surface area contributed by atoms with Gasteiger partial charge in [0, 0.05) is 42.0 Å². The number of aliphatic hydroxyl groups is 1. The molecule has 4 bridgehead atoms. The Kier molecular flexibility index (Phi) is 4.33. The Morgan fingerprint density at radius 2 is 2.03 bits per heavy atom. The van der Waals surface area contributed by atoms with Crippen molar-refractivity contribution in [3.8, 4) is 11.5 Å². The summed E-state index contributed by atoms with van der Waals surface area (Å²) in [6, 6.07) is 4.48. The van der Waals surface area contributed by atoms with Gasteiger partial charge in [0.25, 0.3) is 0 Å². The molecule has 0 aromatic heterocycles. The van der Waals surface area contributed by atoms with E-state index in [1.54, 1.807) is 0 Å². The molecule has 186 valence electrons. The number of nitrogens with zero attached hydrogens (tertiary/aromatic N) is 1. The van der Waals surface area contributed by atoms with E-state index in [0.29, 0.717) is 17.7 Å². The maximum absolute atomic E-state index is 12.0. The van der Waals surface area contributed by atoms with Gasteiger partial charge in [0.15, 0.2) is 11.5 Å². The van der Waals surface area contributed by atoms with Gasteiger partial charge in [-0.1, -0.05) is 19.9 Å². The molecule has 0 unspecified atom stereocenters. The van der Waals surface area contributed by atoms with Crippen molar-refractivity contribution in [1.29, 1.82) is 0 Å². The van der Waals surface area contributed by atoms with Crippen LogP contribution in [0.4, 0.5) is 0 Å². The molecule has 4 saturated carbocycles. The summed E-state index contributed by atoms with van der Waals surface area (Å²) in [5, 5.41) is 23.0. The molecule has 34 heavy (non-hydrogen) atoms. The number of fused-ring (bicyclic) bond motifs is 2. The van der Waals surface area contributed by atoms with Crippen LogP contribution in [0, 0.1) is 23.2 Å². The van der Waals surface area contributed by atoms with Crippen LogP contribution in [-0.4, -0.2) is 58.7 Å². The van der Waals surface area contributed by atoms with Crippen molar-refractivity contribution >= 4 is 0 Å². The highest BCUT2D eigenvalue weighted by molar-refractivity contribution is 5.63. The standard InChI is InChI=1S/C29H41NO4/c1-17(2)14-26(3,32)21-15-27-9-10-29(21,33-4)25-28(27)11-12-30(16-18-5-6-18)22(27)13-19-7-8-20(31)24(34-25)23(19)28/h7-8,17-18,21-22,25,31-32H,5-6,9-16H2,1-4H3/t21-,22-,25-,26-,27-,28+,29-/m1/s1. The molecule has 5 heteroatoms. The number of likely N-dealkylation sites (tertiary alicyclic amines) is 1. The average Bonchev–Trinajstić information content (AvgIpc) is 3.53. The zero-order valence-corrected chi connectivity index (χ0v) is 21.3. The molecule has 1 aromatic carbocycles. The van der Waals surface area contributed by atoms with E-state index < -0.39 is 11.2 Å². The van der Waals surface area contributed by atoms with Crippen LogP contribution in [0.15, 0.2) is 12.1 Å². The molecule has 5 aliphatic carbocycles. The molecule has 8 rings (SSSR count). The van der Waals surface area contributed by atoms with Crippen molar-refractivity contribution < 1.29 is 19.7 Å². The second-order valence-electron chi connectivity index (χ2n) is 13.4. The van der Waals surface area contributed by atoms with E-state index in [9.17, 15) is 10.2 Å². The SMILES string of the molecule is CO[C@]12CC[C@@]3(C[C@@H]1[C@](C)(O)CC(C)C)[C@H]1Cc4ccc(O)c5c4[C@@]3(CCN1CC1CC1)[C@H]2O5. The minimum Gasteiger partial charge on any atom is -0.504 e. The smallest absolute Gasteiger partial charge is 0.165 e. The molecule has 2 N–H and O–H groups in total. The van der Waals surface area contributed by atoms with Crippen molar-refractivity contribution in [3.05, 3.63) is 23.3 Å². The fourth-order valence-corrected chi connectivity index (χ4v) is 10.1. The van der Waals surface area contributed by atoms with Gasteiger partial charge in [0.05, 0.1) is 5.60 Å². The average molecular weight is 468 g/mol. The van der Waals surface area contributed by atoms with E-state index >= 15 is 0 Å². The Balaban J connectivity index is 1.44. The van der Waals surface area contributed by atoms with Crippen molar-refractivity contribution in [2.24, 2.45) is 23.2 Å². The fourth-order valence-electron chi connectivity index (χ4n) is 10.1. The molecular weight excluding hydrogens is 426 g/mol. The van der Waals surface area contributed by atoms with Gasteiger partial charge < -0.3 is 19.7 Å². The predicted octanol–water partition coefficient (Wildman–Crippen LogP) is 4.41. The van der Waals surface area contributed by atoms with Crippen LogP contribution in [0.2, 0.25) is 0 Å². The molecule has 5 nitrogen and oxygen atoms in total. The van der Waals surface area contributed by atoms with E-state index in [4.69, 9.17) is 9.47 Å². The van der Waals surface area contributed by atoms with Crippen LogP contribution in [0.25, 0.3) is 0 Å². The quantitative estimate of drug-likeness (QED) is 0.649. The number of phenolic OH excluding ortho intramolecular Hbond substituents is 1.